The van der Waals surface area contributed by atoms with Crippen LogP contribution < -0.4 is 5.63 Å². The maximum Gasteiger partial charge on any atom is 0.350 e. The standard InChI is InChI=1S/C22H17N5O2S/c1-2-11-27-20(13-26-14-23-16-8-4-5-9-17(16)26)24-25-22(27)30-19-12-15-7-3-6-10-18(15)29-21(19)28/h2-10,12,14H,1,11,13H2. The van der Waals surface area contributed by atoms with Crippen molar-refractivity contribution in [2.24, 2.45) is 0 Å². The van der Waals surface area contributed by atoms with Crippen LogP contribution in [-0.4, -0.2) is 24.3 Å². The van der Waals surface area contributed by atoms with Crippen LogP contribution in [-0.2, 0) is 13.1 Å². The molecule has 0 aliphatic carbocycles. The van der Waals surface area contributed by atoms with Gasteiger partial charge in [0.2, 0.25) is 0 Å². The molecule has 0 bridgehead atoms. The Hall–Kier alpha value is -3.65. The van der Waals surface area contributed by atoms with E-state index in [1.807, 2.05) is 57.7 Å². The van der Waals surface area contributed by atoms with Gasteiger partial charge >= 0.3 is 5.63 Å². The number of hydrogen-bond acceptors (Lipinski definition) is 6. The lowest BCUT2D eigenvalue weighted by molar-refractivity contribution is 0.543. The first kappa shape index (κ1) is 18.4. The van der Waals surface area contributed by atoms with Crippen LogP contribution in [0.5, 0.6) is 0 Å². The summed E-state index contributed by atoms with van der Waals surface area (Å²) < 4.78 is 9.41. The first-order valence-corrected chi connectivity index (χ1v) is 10.2. The molecular formula is C22H17N5O2S. The summed E-state index contributed by atoms with van der Waals surface area (Å²) in [6, 6.07) is 17.2. The molecule has 0 atom stereocenters. The average Bonchev–Trinajstić information content (AvgIpc) is 3.34. The fourth-order valence-electron chi connectivity index (χ4n) is 3.33. The van der Waals surface area contributed by atoms with Crippen molar-refractivity contribution in [1.29, 1.82) is 0 Å². The predicted octanol–water partition coefficient (Wildman–Crippen LogP) is 4.12. The van der Waals surface area contributed by atoms with Gasteiger partial charge in [0.05, 0.1) is 23.9 Å². The van der Waals surface area contributed by atoms with Gasteiger partial charge in [-0.25, -0.2) is 9.78 Å². The minimum absolute atomic E-state index is 0.394. The van der Waals surface area contributed by atoms with E-state index in [1.165, 1.54) is 11.8 Å². The maximum absolute atomic E-state index is 12.4. The Morgan fingerprint density at radius 3 is 2.83 bits per heavy atom. The number of fused-ring (bicyclic) bond motifs is 2. The average molecular weight is 415 g/mol. The molecule has 2 aromatic carbocycles. The second-order valence-electron chi connectivity index (χ2n) is 6.70. The number of para-hydroxylation sites is 3. The quantitative estimate of drug-likeness (QED) is 0.307. The molecule has 0 radical (unpaired) electrons. The second kappa shape index (κ2) is 7.64. The van der Waals surface area contributed by atoms with Crippen LogP contribution in [0.2, 0.25) is 0 Å². The Morgan fingerprint density at radius 1 is 1.10 bits per heavy atom. The zero-order chi connectivity index (χ0) is 20.5. The van der Waals surface area contributed by atoms with E-state index >= 15 is 0 Å². The summed E-state index contributed by atoms with van der Waals surface area (Å²) in [6.45, 7) is 4.88. The lowest BCUT2D eigenvalue weighted by Crippen LogP contribution is -2.09. The van der Waals surface area contributed by atoms with Crippen molar-refractivity contribution in [2.45, 2.75) is 23.1 Å². The molecule has 0 saturated heterocycles. The molecule has 148 valence electrons. The third kappa shape index (κ3) is 3.31. The highest BCUT2D eigenvalue weighted by atomic mass is 32.2. The fraction of sp³-hybridized carbons (Fsp3) is 0.0909. The molecule has 0 saturated carbocycles. The van der Waals surface area contributed by atoms with E-state index < -0.39 is 5.63 Å². The lowest BCUT2D eigenvalue weighted by Gasteiger charge is -2.08. The highest BCUT2D eigenvalue weighted by Crippen LogP contribution is 2.27. The summed E-state index contributed by atoms with van der Waals surface area (Å²) in [5, 5.41) is 10.2. The summed E-state index contributed by atoms with van der Waals surface area (Å²) in [5.74, 6) is 0.755. The summed E-state index contributed by atoms with van der Waals surface area (Å²) in [5.41, 5.74) is 2.12. The topological polar surface area (TPSA) is 78.7 Å². The van der Waals surface area contributed by atoms with Gasteiger partial charge < -0.3 is 13.6 Å². The number of nitrogens with zero attached hydrogens (tertiary/aromatic N) is 5. The van der Waals surface area contributed by atoms with Crippen LogP contribution >= 0.6 is 11.8 Å². The van der Waals surface area contributed by atoms with Gasteiger partial charge in [-0.15, -0.1) is 16.8 Å². The normalized spacial score (nSPS) is 11.3. The molecule has 5 rings (SSSR count). The minimum Gasteiger partial charge on any atom is -0.422 e. The number of hydrogen-bond donors (Lipinski definition) is 0. The van der Waals surface area contributed by atoms with E-state index in [2.05, 4.69) is 21.8 Å². The van der Waals surface area contributed by atoms with Gasteiger partial charge in [0.15, 0.2) is 11.0 Å². The Bertz CT molecular complexity index is 1430. The summed E-state index contributed by atoms with van der Waals surface area (Å²) in [6.07, 6.45) is 3.58. The molecule has 8 heteroatoms. The molecule has 3 heterocycles. The Morgan fingerprint density at radius 2 is 1.93 bits per heavy atom. The first-order chi connectivity index (χ1) is 14.7. The molecule has 0 aliphatic heterocycles. The van der Waals surface area contributed by atoms with Crippen LogP contribution in [0.4, 0.5) is 0 Å². The van der Waals surface area contributed by atoms with E-state index in [-0.39, 0.29) is 0 Å². The molecule has 7 nitrogen and oxygen atoms in total. The van der Waals surface area contributed by atoms with Crippen LogP contribution in [0.15, 0.2) is 92.8 Å². The monoisotopic (exact) mass is 415 g/mol. The molecular weight excluding hydrogens is 398 g/mol. The van der Waals surface area contributed by atoms with Gasteiger partial charge in [-0.1, -0.05) is 36.4 Å². The number of rotatable bonds is 6. The van der Waals surface area contributed by atoms with Crippen molar-refractivity contribution >= 4 is 33.8 Å². The van der Waals surface area contributed by atoms with Gasteiger partial charge in [-0.05, 0) is 36.0 Å². The first-order valence-electron chi connectivity index (χ1n) is 9.36. The van der Waals surface area contributed by atoms with E-state index in [1.54, 1.807) is 18.5 Å². The van der Waals surface area contributed by atoms with E-state index in [9.17, 15) is 4.79 Å². The number of imidazole rings is 1. The lowest BCUT2D eigenvalue weighted by atomic mass is 10.2. The van der Waals surface area contributed by atoms with E-state index in [0.29, 0.717) is 28.7 Å². The smallest absolute Gasteiger partial charge is 0.350 e. The summed E-state index contributed by atoms with van der Waals surface area (Å²) in [7, 11) is 0. The molecule has 0 amide bonds. The Balaban J connectivity index is 1.51. The van der Waals surface area contributed by atoms with Crippen LogP contribution in [0, 0.1) is 0 Å². The van der Waals surface area contributed by atoms with Gasteiger partial charge in [-0.2, -0.15) is 0 Å². The van der Waals surface area contributed by atoms with Gasteiger partial charge in [0, 0.05) is 11.9 Å². The maximum atomic E-state index is 12.4. The number of aromatic nitrogens is 5. The zero-order valence-corrected chi connectivity index (χ0v) is 16.7. The molecule has 30 heavy (non-hydrogen) atoms. The van der Waals surface area contributed by atoms with Crippen molar-refractivity contribution in [3.8, 4) is 0 Å². The van der Waals surface area contributed by atoms with Gasteiger partial charge in [-0.3, -0.25) is 0 Å². The fourth-order valence-corrected chi connectivity index (χ4v) is 4.20. The largest absolute Gasteiger partial charge is 0.422 e. The van der Waals surface area contributed by atoms with Gasteiger partial charge in [0.1, 0.15) is 10.5 Å². The second-order valence-corrected chi connectivity index (χ2v) is 7.71. The van der Waals surface area contributed by atoms with Crippen LogP contribution in [0.3, 0.4) is 0 Å². The van der Waals surface area contributed by atoms with E-state index in [0.717, 1.165) is 22.2 Å². The van der Waals surface area contributed by atoms with Crippen molar-refractivity contribution in [3.05, 3.63) is 89.8 Å². The van der Waals surface area contributed by atoms with Crippen LogP contribution in [0.1, 0.15) is 5.82 Å². The van der Waals surface area contributed by atoms with Crippen molar-refractivity contribution < 1.29 is 4.42 Å². The summed E-state index contributed by atoms with van der Waals surface area (Å²) >= 11 is 1.24. The molecule has 5 aromatic rings. The van der Waals surface area contributed by atoms with Gasteiger partial charge in [0.25, 0.3) is 0 Å². The Kier molecular flexibility index (Phi) is 4.68. The Labute approximate surface area is 175 Å². The summed E-state index contributed by atoms with van der Waals surface area (Å²) in [4.78, 5) is 17.3. The van der Waals surface area contributed by atoms with Crippen LogP contribution in [0.25, 0.3) is 22.0 Å². The molecule has 0 aliphatic rings. The molecule has 0 N–H and O–H groups in total. The molecule has 0 fully saturated rings. The number of benzene rings is 2. The SMILES string of the molecule is C=CCn1c(Cn2cnc3ccccc32)nnc1Sc1cc2ccccc2oc1=O. The van der Waals surface area contributed by atoms with Crippen molar-refractivity contribution in [3.63, 3.8) is 0 Å². The molecule has 3 aromatic heterocycles. The third-order valence-corrected chi connectivity index (χ3v) is 5.74. The highest BCUT2D eigenvalue weighted by molar-refractivity contribution is 7.99. The predicted molar refractivity (Wildman–Crippen MR) is 116 cm³/mol. The third-order valence-electron chi connectivity index (χ3n) is 4.75. The zero-order valence-electron chi connectivity index (χ0n) is 15.9. The molecule has 0 unspecified atom stereocenters. The minimum atomic E-state index is -0.394. The molecule has 0 spiro atoms. The van der Waals surface area contributed by atoms with E-state index in [4.69, 9.17) is 4.42 Å². The highest BCUT2D eigenvalue weighted by Gasteiger charge is 2.16. The van der Waals surface area contributed by atoms with Crippen molar-refractivity contribution in [1.82, 2.24) is 24.3 Å². The number of allylic oxidation sites excluding steroid dienone is 1. The van der Waals surface area contributed by atoms with Crippen molar-refractivity contribution in [2.75, 3.05) is 0 Å².